The molecule has 0 saturated carbocycles. The molecule has 39 heavy (non-hydrogen) atoms. The lowest BCUT2D eigenvalue weighted by Crippen LogP contribution is -2.59. The van der Waals surface area contributed by atoms with Gasteiger partial charge in [0, 0.05) is 17.0 Å². The molecule has 0 spiro atoms. The van der Waals surface area contributed by atoms with Crippen molar-refractivity contribution < 1.29 is 27.9 Å². The molecule has 9 nitrogen and oxygen atoms in total. The van der Waals surface area contributed by atoms with Gasteiger partial charge in [0.1, 0.15) is 22.5 Å². The zero-order valence-corrected chi connectivity index (χ0v) is 23.0. The first-order chi connectivity index (χ1) is 18.4. The minimum atomic E-state index is -1.07. The number of rotatable bonds is 5. The molecule has 1 aliphatic rings. The lowest BCUT2D eigenvalue weighted by Gasteiger charge is -2.42. The fourth-order valence-corrected chi connectivity index (χ4v) is 4.14. The van der Waals surface area contributed by atoms with E-state index >= 15 is 0 Å². The second-order valence-corrected chi connectivity index (χ2v) is 11.2. The van der Waals surface area contributed by atoms with Crippen LogP contribution in [0.1, 0.15) is 57.4 Å². The Bertz CT molecular complexity index is 1500. The largest absolute Gasteiger partial charge is 0.458 e. The van der Waals surface area contributed by atoms with E-state index in [1.54, 1.807) is 26.8 Å². The summed E-state index contributed by atoms with van der Waals surface area (Å²) in [6, 6.07) is 15.6. The van der Waals surface area contributed by atoms with Gasteiger partial charge in [-0.15, -0.1) is 0 Å². The highest BCUT2D eigenvalue weighted by molar-refractivity contribution is 5.83. The highest BCUT2D eigenvalue weighted by Gasteiger charge is 2.46. The van der Waals surface area contributed by atoms with Crippen LogP contribution < -0.4 is 5.32 Å². The maximum Gasteiger partial charge on any atom is 0.408 e. The number of aryl methyl sites for hydroxylation is 1. The summed E-state index contributed by atoms with van der Waals surface area (Å²) in [4.78, 5) is 17.3. The fraction of sp³-hybridized carbons (Fsp3) is 0.367. The molecule has 1 fully saturated rings. The molecule has 0 atom stereocenters. The van der Waals surface area contributed by atoms with Crippen LogP contribution in [-0.4, -0.2) is 40.8 Å². The second-order valence-electron chi connectivity index (χ2n) is 11.2. The maximum atomic E-state index is 12.8. The van der Waals surface area contributed by atoms with Crippen LogP contribution in [0.4, 0.5) is 4.79 Å². The third-order valence-electron chi connectivity index (χ3n) is 6.26. The Kier molecular flexibility index (Phi) is 6.82. The minimum absolute atomic E-state index is 0.146. The SMILES string of the molecule is Cc1ccc(/C=C/c2nc(-c3ccc4oc(C5(NC(=O)OC(C)(C)C)COC(C)(C)OC5)cc4c3)no2)cc1. The summed E-state index contributed by atoms with van der Waals surface area (Å²) in [5.74, 6) is 0.558. The Morgan fingerprint density at radius 3 is 2.44 bits per heavy atom. The third kappa shape index (κ3) is 6.21. The Hall–Kier alpha value is -3.95. The van der Waals surface area contributed by atoms with Crippen molar-refractivity contribution in [1.29, 1.82) is 0 Å². The number of hydrogen-bond donors (Lipinski definition) is 1. The molecular weight excluding hydrogens is 498 g/mol. The van der Waals surface area contributed by atoms with Crippen molar-refractivity contribution in [3.63, 3.8) is 0 Å². The first-order valence-electron chi connectivity index (χ1n) is 12.8. The lowest BCUT2D eigenvalue weighted by molar-refractivity contribution is -0.274. The summed E-state index contributed by atoms with van der Waals surface area (Å²) in [7, 11) is 0. The van der Waals surface area contributed by atoms with Gasteiger partial charge in [-0.1, -0.05) is 35.0 Å². The maximum absolute atomic E-state index is 12.8. The quantitative estimate of drug-likeness (QED) is 0.312. The fourth-order valence-electron chi connectivity index (χ4n) is 4.14. The van der Waals surface area contributed by atoms with Crippen LogP contribution in [0.5, 0.6) is 0 Å². The highest BCUT2D eigenvalue weighted by Crippen LogP contribution is 2.36. The van der Waals surface area contributed by atoms with Crippen LogP contribution in [0, 0.1) is 6.92 Å². The first kappa shape index (κ1) is 26.6. The summed E-state index contributed by atoms with van der Waals surface area (Å²) >= 11 is 0. The predicted molar refractivity (Wildman–Crippen MR) is 147 cm³/mol. The molecule has 1 amide bonds. The number of carbonyl (C=O) groups is 1. The van der Waals surface area contributed by atoms with Crippen molar-refractivity contribution in [2.45, 2.75) is 58.5 Å². The van der Waals surface area contributed by atoms with Gasteiger partial charge in [0.15, 0.2) is 5.79 Å². The van der Waals surface area contributed by atoms with E-state index in [9.17, 15) is 4.79 Å². The molecule has 2 aromatic heterocycles. The van der Waals surface area contributed by atoms with Crippen LogP contribution >= 0.6 is 0 Å². The third-order valence-corrected chi connectivity index (χ3v) is 6.26. The molecule has 1 aliphatic heterocycles. The van der Waals surface area contributed by atoms with Crippen molar-refractivity contribution in [3.8, 4) is 11.4 Å². The highest BCUT2D eigenvalue weighted by atomic mass is 16.7. The van der Waals surface area contributed by atoms with Gasteiger partial charge >= 0.3 is 6.09 Å². The van der Waals surface area contributed by atoms with E-state index in [2.05, 4.69) is 15.5 Å². The van der Waals surface area contributed by atoms with Crippen molar-refractivity contribution in [2.24, 2.45) is 0 Å². The van der Waals surface area contributed by atoms with Gasteiger partial charge in [0.2, 0.25) is 5.82 Å². The normalized spacial score (nSPS) is 17.0. The van der Waals surface area contributed by atoms with Crippen LogP contribution in [-0.2, 0) is 19.7 Å². The number of benzene rings is 2. The Labute approximate surface area is 227 Å². The van der Waals surface area contributed by atoms with Gasteiger partial charge in [-0.3, -0.25) is 0 Å². The van der Waals surface area contributed by atoms with Gasteiger partial charge in [-0.05, 0) is 77.4 Å². The Balaban J connectivity index is 1.40. The summed E-state index contributed by atoms with van der Waals surface area (Å²) in [6.07, 6.45) is 3.12. The van der Waals surface area contributed by atoms with Gasteiger partial charge in [-0.25, -0.2) is 4.79 Å². The summed E-state index contributed by atoms with van der Waals surface area (Å²) in [5, 5.41) is 7.87. The van der Waals surface area contributed by atoms with Crippen LogP contribution in [0.15, 0.2) is 57.5 Å². The van der Waals surface area contributed by atoms with Gasteiger partial charge in [0.25, 0.3) is 5.89 Å². The van der Waals surface area contributed by atoms with Gasteiger partial charge < -0.3 is 28.5 Å². The number of carbonyl (C=O) groups excluding carboxylic acids is 1. The van der Waals surface area contributed by atoms with Crippen LogP contribution in [0.2, 0.25) is 0 Å². The molecule has 4 aromatic rings. The molecule has 0 radical (unpaired) electrons. The van der Waals surface area contributed by atoms with E-state index in [0.717, 1.165) is 16.5 Å². The number of hydrogen-bond acceptors (Lipinski definition) is 8. The van der Waals surface area contributed by atoms with E-state index in [4.69, 9.17) is 23.2 Å². The lowest BCUT2D eigenvalue weighted by atomic mass is 9.96. The van der Waals surface area contributed by atoms with Gasteiger partial charge in [0.05, 0.1) is 13.2 Å². The molecule has 3 heterocycles. The number of alkyl carbamates (subject to hydrolysis) is 1. The summed E-state index contributed by atoms with van der Waals surface area (Å²) < 4.78 is 29.0. The number of aromatic nitrogens is 2. The second kappa shape index (κ2) is 9.98. The number of ether oxygens (including phenoxy) is 3. The van der Waals surface area contributed by atoms with Crippen LogP contribution in [0.3, 0.4) is 0 Å². The summed E-state index contributed by atoms with van der Waals surface area (Å²) in [5.41, 5.74) is 1.90. The summed E-state index contributed by atoms with van der Waals surface area (Å²) in [6.45, 7) is 11.4. The number of nitrogens with zero attached hydrogens (tertiary/aromatic N) is 2. The topological polar surface area (TPSA) is 109 Å². The molecule has 9 heteroatoms. The minimum Gasteiger partial charge on any atom is -0.458 e. The van der Waals surface area contributed by atoms with E-state index in [1.165, 1.54) is 5.56 Å². The molecule has 0 unspecified atom stereocenters. The molecule has 5 rings (SSSR count). The van der Waals surface area contributed by atoms with Crippen molar-refractivity contribution >= 4 is 29.2 Å². The van der Waals surface area contributed by atoms with Crippen molar-refractivity contribution in [3.05, 3.63) is 71.3 Å². The van der Waals surface area contributed by atoms with E-state index in [-0.39, 0.29) is 13.2 Å². The molecule has 1 N–H and O–H groups in total. The Morgan fingerprint density at radius 1 is 1.03 bits per heavy atom. The number of nitrogens with one attached hydrogen (secondary N) is 1. The molecule has 2 aromatic carbocycles. The number of amides is 1. The smallest absolute Gasteiger partial charge is 0.408 e. The average Bonchev–Trinajstić information content (AvgIpc) is 3.51. The van der Waals surface area contributed by atoms with Crippen molar-refractivity contribution in [2.75, 3.05) is 13.2 Å². The first-order valence-corrected chi connectivity index (χ1v) is 12.8. The molecule has 0 aliphatic carbocycles. The molecular formula is C30H33N3O6. The van der Waals surface area contributed by atoms with Gasteiger partial charge in [-0.2, -0.15) is 4.98 Å². The standard InChI is InChI=1S/C30H33N3O6/c1-19-7-9-20(10-8-19)11-14-25-31-26(33-39-25)21-12-13-23-22(15-21)16-24(37-23)30(17-35-29(5,6)36-18-30)32-27(34)38-28(2,3)4/h7-16H,17-18H2,1-6H3,(H,32,34)/b14-11+. The van der Waals surface area contributed by atoms with Crippen molar-refractivity contribution in [1.82, 2.24) is 15.5 Å². The zero-order valence-electron chi connectivity index (χ0n) is 23.0. The molecule has 1 saturated heterocycles. The number of fused-ring (bicyclic) bond motifs is 1. The van der Waals surface area contributed by atoms with E-state index in [0.29, 0.717) is 23.1 Å². The van der Waals surface area contributed by atoms with E-state index < -0.39 is 23.0 Å². The zero-order chi connectivity index (χ0) is 27.8. The molecule has 0 bridgehead atoms. The molecule has 204 valence electrons. The monoisotopic (exact) mass is 531 g/mol. The van der Waals surface area contributed by atoms with Crippen LogP contribution in [0.25, 0.3) is 34.5 Å². The van der Waals surface area contributed by atoms with E-state index in [1.807, 2.05) is 75.4 Å². The average molecular weight is 532 g/mol. The number of furan rings is 1. The predicted octanol–water partition coefficient (Wildman–Crippen LogP) is 6.46. The Morgan fingerprint density at radius 2 is 1.74 bits per heavy atom.